The highest BCUT2D eigenvalue weighted by molar-refractivity contribution is 4.71. The van der Waals surface area contributed by atoms with Gasteiger partial charge in [0.25, 0.3) is 0 Å². The average molecular weight is 200 g/mol. The summed E-state index contributed by atoms with van der Waals surface area (Å²) in [6.07, 6.45) is 5.93. The van der Waals surface area contributed by atoms with Crippen LogP contribution >= 0.6 is 0 Å². The van der Waals surface area contributed by atoms with E-state index in [4.69, 9.17) is 5.11 Å². The largest absolute Gasteiger partial charge is 0.396 e. The molecule has 0 aliphatic carbocycles. The van der Waals surface area contributed by atoms with Crippen LogP contribution in [0.5, 0.6) is 0 Å². The molecule has 1 aliphatic heterocycles. The minimum atomic E-state index is 0.350. The minimum Gasteiger partial charge on any atom is -0.396 e. The molecule has 1 fully saturated rings. The molecule has 1 rings (SSSR count). The Hall–Kier alpha value is -0.120. The number of rotatable bonds is 10. The second kappa shape index (κ2) is 8.21. The first-order valence-electron chi connectivity index (χ1n) is 5.97. The van der Waals surface area contributed by atoms with Gasteiger partial charge in [0.05, 0.1) is 0 Å². The molecule has 0 radical (unpaired) electrons. The molecule has 0 spiro atoms. The van der Waals surface area contributed by atoms with Crippen LogP contribution < -0.4 is 5.32 Å². The molecule has 0 bridgehead atoms. The Morgan fingerprint density at radius 2 is 1.64 bits per heavy atom. The van der Waals surface area contributed by atoms with Crippen molar-refractivity contribution < 1.29 is 5.11 Å². The van der Waals surface area contributed by atoms with Crippen molar-refractivity contribution in [2.24, 2.45) is 0 Å². The van der Waals surface area contributed by atoms with Gasteiger partial charge in [-0.3, -0.25) is 0 Å². The zero-order chi connectivity index (χ0) is 10.1. The molecule has 0 unspecified atom stereocenters. The number of nitrogens with one attached hydrogen (secondary N) is 1. The monoisotopic (exact) mass is 200 g/mol. The molecule has 0 saturated carbocycles. The highest BCUT2D eigenvalue weighted by atomic mass is 16.2. The Labute approximate surface area is 87.5 Å². The summed E-state index contributed by atoms with van der Waals surface area (Å²) in [4.78, 5) is 2.46. The Kier molecular flexibility index (Phi) is 7.01. The molecule has 0 amide bonds. The second-order valence-corrected chi connectivity index (χ2v) is 4.08. The van der Waals surface area contributed by atoms with Crippen LogP contribution in [0.1, 0.15) is 32.1 Å². The first-order valence-corrected chi connectivity index (χ1v) is 5.97. The van der Waals surface area contributed by atoms with Gasteiger partial charge in [-0.2, -0.15) is 0 Å². The molecular formula is C11H24N2O. The molecular weight excluding hydrogens is 176 g/mol. The summed E-state index contributed by atoms with van der Waals surface area (Å²) < 4.78 is 0. The van der Waals surface area contributed by atoms with E-state index in [9.17, 15) is 0 Å². The molecule has 1 heterocycles. The van der Waals surface area contributed by atoms with Crippen molar-refractivity contribution in [2.45, 2.75) is 32.1 Å². The van der Waals surface area contributed by atoms with E-state index in [1.54, 1.807) is 0 Å². The summed E-state index contributed by atoms with van der Waals surface area (Å²) in [7, 11) is 0. The number of hydrogen-bond acceptors (Lipinski definition) is 3. The zero-order valence-corrected chi connectivity index (χ0v) is 9.17. The Bertz CT molecular complexity index is 126. The van der Waals surface area contributed by atoms with E-state index in [2.05, 4.69) is 10.2 Å². The van der Waals surface area contributed by atoms with E-state index < -0.39 is 0 Å². The number of nitrogens with zero attached hydrogens (tertiary/aromatic N) is 1. The second-order valence-electron chi connectivity index (χ2n) is 4.08. The van der Waals surface area contributed by atoms with Crippen LogP contribution in [-0.4, -0.2) is 49.3 Å². The topological polar surface area (TPSA) is 35.3 Å². The van der Waals surface area contributed by atoms with E-state index in [-0.39, 0.29) is 0 Å². The molecule has 14 heavy (non-hydrogen) atoms. The maximum absolute atomic E-state index is 8.58. The number of unbranched alkanes of at least 4 members (excludes halogenated alkanes) is 3. The van der Waals surface area contributed by atoms with E-state index in [1.165, 1.54) is 45.3 Å². The van der Waals surface area contributed by atoms with Gasteiger partial charge < -0.3 is 15.3 Å². The first-order chi connectivity index (χ1) is 6.93. The maximum Gasteiger partial charge on any atom is 0.0431 e. The predicted molar refractivity (Wildman–Crippen MR) is 59.5 cm³/mol. The maximum atomic E-state index is 8.58. The lowest BCUT2D eigenvalue weighted by Crippen LogP contribution is -2.19. The molecule has 0 aromatic rings. The fraction of sp³-hybridized carbons (Fsp3) is 1.00. The van der Waals surface area contributed by atoms with E-state index in [1.807, 2.05) is 0 Å². The number of aliphatic hydroxyl groups is 1. The molecule has 2 N–H and O–H groups in total. The molecule has 1 aliphatic rings. The zero-order valence-electron chi connectivity index (χ0n) is 9.17. The SMILES string of the molecule is OCCCCCCNCCCN1CC1. The average Bonchev–Trinajstić information content (AvgIpc) is 2.99. The van der Waals surface area contributed by atoms with Gasteiger partial charge >= 0.3 is 0 Å². The van der Waals surface area contributed by atoms with Gasteiger partial charge in [0.1, 0.15) is 0 Å². The summed E-state index contributed by atoms with van der Waals surface area (Å²) >= 11 is 0. The molecule has 0 aromatic heterocycles. The summed E-state index contributed by atoms with van der Waals surface area (Å²) in [5, 5.41) is 12.0. The van der Waals surface area contributed by atoms with Crippen molar-refractivity contribution in [1.29, 1.82) is 0 Å². The lowest BCUT2D eigenvalue weighted by atomic mass is 10.2. The number of hydrogen-bond donors (Lipinski definition) is 2. The van der Waals surface area contributed by atoms with Crippen LogP contribution in [0.3, 0.4) is 0 Å². The molecule has 84 valence electrons. The lowest BCUT2D eigenvalue weighted by Gasteiger charge is -2.04. The van der Waals surface area contributed by atoms with Crippen molar-refractivity contribution in [1.82, 2.24) is 10.2 Å². The van der Waals surface area contributed by atoms with Crippen molar-refractivity contribution in [3.63, 3.8) is 0 Å². The molecule has 3 heteroatoms. The normalized spacial score (nSPS) is 16.1. The van der Waals surface area contributed by atoms with Crippen molar-refractivity contribution in [3.8, 4) is 0 Å². The third-order valence-electron chi connectivity index (χ3n) is 2.63. The van der Waals surface area contributed by atoms with Gasteiger partial charge in [-0.15, -0.1) is 0 Å². The van der Waals surface area contributed by atoms with Crippen molar-refractivity contribution in [3.05, 3.63) is 0 Å². The van der Waals surface area contributed by atoms with Crippen molar-refractivity contribution in [2.75, 3.05) is 39.3 Å². The van der Waals surface area contributed by atoms with Gasteiger partial charge in [0.2, 0.25) is 0 Å². The molecule has 0 aromatic carbocycles. The van der Waals surface area contributed by atoms with Gasteiger partial charge in [0.15, 0.2) is 0 Å². The highest BCUT2D eigenvalue weighted by Crippen LogP contribution is 2.02. The molecule has 1 saturated heterocycles. The first kappa shape index (κ1) is 12.0. The van der Waals surface area contributed by atoms with Crippen molar-refractivity contribution >= 4 is 0 Å². The Balaban J connectivity index is 1.63. The summed E-state index contributed by atoms with van der Waals surface area (Å²) in [6, 6.07) is 0. The van der Waals surface area contributed by atoms with Gasteiger partial charge in [0, 0.05) is 19.7 Å². The van der Waals surface area contributed by atoms with Gasteiger partial charge in [-0.1, -0.05) is 12.8 Å². The van der Waals surface area contributed by atoms with Crippen LogP contribution in [0.15, 0.2) is 0 Å². The van der Waals surface area contributed by atoms with E-state index >= 15 is 0 Å². The smallest absolute Gasteiger partial charge is 0.0431 e. The van der Waals surface area contributed by atoms with Gasteiger partial charge in [-0.25, -0.2) is 0 Å². The summed E-state index contributed by atoms with van der Waals surface area (Å²) in [5.41, 5.74) is 0. The Morgan fingerprint density at radius 1 is 0.929 bits per heavy atom. The molecule has 3 nitrogen and oxygen atoms in total. The van der Waals surface area contributed by atoms with Crippen LogP contribution in [-0.2, 0) is 0 Å². The highest BCUT2D eigenvalue weighted by Gasteiger charge is 2.14. The lowest BCUT2D eigenvalue weighted by molar-refractivity contribution is 0.282. The van der Waals surface area contributed by atoms with Crippen LogP contribution in [0.4, 0.5) is 0 Å². The van der Waals surface area contributed by atoms with Gasteiger partial charge in [-0.05, 0) is 38.9 Å². The van der Waals surface area contributed by atoms with E-state index in [0.29, 0.717) is 6.61 Å². The predicted octanol–water partition coefficient (Wildman–Crippen LogP) is 0.834. The van der Waals surface area contributed by atoms with Crippen LogP contribution in [0.25, 0.3) is 0 Å². The van der Waals surface area contributed by atoms with Crippen LogP contribution in [0.2, 0.25) is 0 Å². The minimum absolute atomic E-state index is 0.350. The Morgan fingerprint density at radius 3 is 2.36 bits per heavy atom. The quantitative estimate of drug-likeness (QED) is 0.405. The third kappa shape index (κ3) is 7.30. The fourth-order valence-corrected chi connectivity index (χ4v) is 1.56. The van der Waals surface area contributed by atoms with Crippen LogP contribution in [0, 0.1) is 0 Å². The fourth-order valence-electron chi connectivity index (χ4n) is 1.56. The number of aliphatic hydroxyl groups excluding tert-OH is 1. The molecule has 0 atom stereocenters. The van der Waals surface area contributed by atoms with E-state index in [0.717, 1.165) is 19.5 Å². The third-order valence-corrected chi connectivity index (χ3v) is 2.63. The standard InChI is InChI=1S/C11H24N2O/c14-11-4-2-1-3-6-12-7-5-8-13-9-10-13/h12,14H,1-11H2. The summed E-state index contributed by atoms with van der Waals surface area (Å²) in [6.45, 7) is 6.57. The summed E-state index contributed by atoms with van der Waals surface area (Å²) in [5.74, 6) is 0.